The van der Waals surface area contributed by atoms with E-state index in [-0.39, 0.29) is 0 Å². The molecule has 2 rings (SSSR count). The Morgan fingerprint density at radius 3 is 2.78 bits per heavy atom. The van der Waals surface area contributed by atoms with E-state index >= 15 is 0 Å². The van der Waals surface area contributed by atoms with Crippen LogP contribution in [-0.2, 0) is 12.8 Å². The molecule has 0 aliphatic rings. The van der Waals surface area contributed by atoms with Crippen molar-refractivity contribution in [2.75, 3.05) is 7.05 Å². The maximum atomic E-state index is 4.53. The number of pyridine rings is 1. The molecule has 0 spiro atoms. The molecule has 0 aromatic carbocycles. The highest BCUT2D eigenvalue weighted by atomic mass is 127. The van der Waals surface area contributed by atoms with Crippen LogP contribution in [0.5, 0.6) is 0 Å². The van der Waals surface area contributed by atoms with E-state index in [1.54, 1.807) is 11.3 Å². The summed E-state index contributed by atoms with van der Waals surface area (Å²) >= 11 is 4.16. The first-order valence-electron chi connectivity index (χ1n) is 6.08. The molecule has 2 aromatic heterocycles. The van der Waals surface area contributed by atoms with Gasteiger partial charge in [0, 0.05) is 24.4 Å². The fourth-order valence-corrected chi connectivity index (χ4v) is 3.31. The molecular formula is C14H17IN2S. The Labute approximate surface area is 126 Å². The van der Waals surface area contributed by atoms with E-state index < -0.39 is 0 Å². The molecular weight excluding hydrogens is 355 g/mol. The third-order valence-corrected chi connectivity index (χ3v) is 4.85. The van der Waals surface area contributed by atoms with Crippen molar-refractivity contribution in [3.8, 4) is 0 Å². The Bertz CT molecular complexity index is 493. The summed E-state index contributed by atoms with van der Waals surface area (Å²) in [5.74, 6) is 0. The van der Waals surface area contributed by atoms with Crippen LogP contribution in [0, 0.1) is 2.88 Å². The highest BCUT2D eigenvalue weighted by Crippen LogP contribution is 2.24. The molecule has 2 heterocycles. The zero-order valence-corrected chi connectivity index (χ0v) is 13.6. The van der Waals surface area contributed by atoms with Crippen LogP contribution in [0.15, 0.2) is 29.8 Å². The predicted molar refractivity (Wildman–Crippen MR) is 86.2 cm³/mol. The lowest BCUT2D eigenvalue weighted by Gasteiger charge is -2.14. The number of rotatable bonds is 5. The largest absolute Gasteiger partial charge is 0.313 e. The van der Waals surface area contributed by atoms with E-state index in [9.17, 15) is 0 Å². The minimum atomic E-state index is 0.352. The summed E-state index contributed by atoms with van der Waals surface area (Å²) in [6.45, 7) is 2.15. The Kier molecular flexibility index (Phi) is 5.14. The predicted octanol–water partition coefficient (Wildman–Crippen LogP) is 3.81. The monoisotopic (exact) mass is 372 g/mol. The lowest BCUT2D eigenvalue weighted by Crippen LogP contribution is -2.18. The summed E-state index contributed by atoms with van der Waals surface area (Å²) in [5.41, 5.74) is 3.80. The number of nitrogens with one attached hydrogen (secondary N) is 1. The molecule has 0 saturated carbocycles. The molecule has 2 nitrogen and oxygen atoms in total. The molecule has 0 aliphatic carbocycles. The third kappa shape index (κ3) is 3.52. The number of nitrogens with zero attached hydrogens (tertiary/aromatic N) is 1. The Balaban J connectivity index is 2.10. The molecule has 96 valence electrons. The molecule has 1 atom stereocenters. The molecule has 18 heavy (non-hydrogen) atoms. The van der Waals surface area contributed by atoms with Crippen molar-refractivity contribution in [3.05, 3.63) is 49.5 Å². The second kappa shape index (κ2) is 6.63. The topological polar surface area (TPSA) is 24.9 Å². The number of hydrogen-bond acceptors (Lipinski definition) is 3. The second-order valence-electron chi connectivity index (χ2n) is 4.24. The third-order valence-electron chi connectivity index (χ3n) is 3.05. The molecule has 0 amide bonds. The van der Waals surface area contributed by atoms with E-state index in [2.05, 4.69) is 63.4 Å². The summed E-state index contributed by atoms with van der Waals surface area (Å²) in [6, 6.07) is 6.91. The standard InChI is InChI=1S/C14H17IN2S/c1-3-10-4-5-12(17-8-10)7-13(16-2)11-6-14(15)18-9-11/h4-6,8-9,13,16H,3,7H2,1-2H3. The summed E-state index contributed by atoms with van der Waals surface area (Å²) in [5, 5.41) is 5.60. The van der Waals surface area contributed by atoms with Crippen molar-refractivity contribution in [1.29, 1.82) is 0 Å². The maximum absolute atomic E-state index is 4.53. The fourth-order valence-electron chi connectivity index (χ4n) is 1.89. The molecule has 0 bridgehead atoms. The van der Waals surface area contributed by atoms with Crippen LogP contribution in [0.25, 0.3) is 0 Å². The van der Waals surface area contributed by atoms with Gasteiger partial charge in [-0.05, 0) is 64.7 Å². The molecule has 2 aromatic rings. The SMILES string of the molecule is CCc1ccc(CC(NC)c2csc(I)c2)nc1. The van der Waals surface area contributed by atoms with Crippen molar-refractivity contribution < 1.29 is 0 Å². The normalized spacial score (nSPS) is 12.6. The number of hydrogen-bond donors (Lipinski definition) is 1. The number of thiophene rings is 1. The van der Waals surface area contributed by atoms with Gasteiger partial charge in [0.1, 0.15) is 0 Å². The van der Waals surface area contributed by atoms with E-state index in [4.69, 9.17) is 0 Å². The van der Waals surface area contributed by atoms with Gasteiger partial charge in [-0.25, -0.2) is 0 Å². The Morgan fingerprint density at radius 2 is 2.28 bits per heavy atom. The molecule has 1 N–H and O–H groups in total. The second-order valence-corrected chi connectivity index (χ2v) is 7.05. The van der Waals surface area contributed by atoms with Crippen molar-refractivity contribution >= 4 is 33.9 Å². The first kappa shape index (κ1) is 14.0. The molecule has 0 radical (unpaired) electrons. The molecule has 0 aliphatic heterocycles. The summed E-state index contributed by atoms with van der Waals surface area (Å²) in [6.07, 6.45) is 3.97. The zero-order chi connectivity index (χ0) is 13.0. The van der Waals surface area contributed by atoms with Crippen LogP contribution in [0.3, 0.4) is 0 Å². The molecule has 0 fully saturated rings. The first-order valence-corrected chi connectivity index (χ1v) is 8.03. The number of aryl methyl sites for hydroxylation is 1. The van der Waals surface area contributed by atoms with Crippen LogP contribution in [-0.4, -0.2) is 12.0 Å². The van der Waals surface area contributed by atoms with Gasteiger partial charge in [-0.2, -0.15) is 0 Å². The molecule has 4 heteroatoms. The average Bonchev–Trinajstić information content (AvgIpc) is 2.83. The lowest BCUT2D eigenvalue weighted by molar-refractivity contribution is 0.586. The maximum Gasteiger partial charge on any atom is 0.0656 e. The Morgan fingerprint density at radius 1 is 1.44 bits per heavy atom. The van der Waals surface area contributed by atoms with Gasteiger partial charge in [-0.1, -0.05) is 13.0 Å². The number of likely N-dealkylation sites (N-methyl/N-ethyl adjacent to an activating group) is 1. The van der Waals surface area contributed by atoms with Gasteiger partial charge in [-0.3, -0.25) is 4.98 Å². The minimum absolute atomic E-state index is 0.352. The quantitative estimate of drug-likeness (QED) is 0.808. The van der Waals surface area contributed by atoms with Gasteiger partial charge in [0.15, 0.2) is 0 Å². The summed E-state index contributed by atoms with van der Waals surface area (Å²) in [7, 11) is 2.01. The smallest absolute Gasteiger partial charge is 0.0656 e. The summed E-state index contributed by atoms with van der Waals surface area (Å²) < 4.78 is 1.33. The molecule has 1 unspecified atom stereocenters. The minimum Gasteiger partial charge on any atom is -0.313 e. The Hall–Kier alpha value is -0.460. The number of halogens is 1. The highest BCUT2D eigenvalue weighted by molar-refractivity contribution is 14.1. The van der Waals surface area contributed by atoms with E-state index in [1.807, 2.05) is 13.2 Å². The van der Waals surface area contributed by atoms with E-state index in [0.29, 0.717) is 6.04 Å². The van der Waals surface area contributed by atoms with Gasteiger partial charge in [0.25, 0.3) is 0 Å². The van der Waals surface area contributed by atoms with Gasteiger partial charge < -0.3 is 5.32 Å². The van der Waals surface area contributed by atoms with Gasteiger partial charge in [0.2, 0.25) is 0 Å². The summed E-state index contributed by atoms with van der Waals surface area (Å²) in [4.78, 5) is 4.53. The van der Waals surface area contributed by atoms with Crippen molar-refractivity contribution in [1.82, 2.24) is 10.3 Å². The lowest BCUT2D eigenvalue weighted by atomic mass is 10.0. The van der Waals surface area contributed by atoms with Crippen LogP contribution in [0.1, 0.15) is 29.8 Å². The van der Waals surface area contributed by atoms with Crippen LogP contribution in [0.4, 0.5) is 0 Å². The van der Waals surface area contributed by atoms with Gasteiger partial charge >= 0.3 is 0 Å². The van der Waals surface area contributed by atoms with E-state index in [1.165, 1.54) is 14.0 Å². The zero-order valence-electron chi connectivity index (χ0n) is 10.6. The first-order chi connectivity index (χ1) is 8.72. The van der Waals surface area contributed by atoms with Crippen LogP contribution >= 0.6 is 33.9 Å². The van der Waals surface area contributed by atoms with Crippen molar-refractivity contribution in [2.24, 2.45) is 0 Å². The number of aromatic nitrogens is 1. The van der Waals surface area contributed by atoms with E-state index in [0.717, 1.165) is 18.5 Å². The van der Waals surface area contributed by atoms with Crippen LogP contribution in [0.2, 0.25) is 0 Å². The van der Waals surface area contributed by atoms with Crippen LogP contribution < -0.4 is 5.32 Å². The van der Waals surface area contributed by atoms with Gasteiger partial charge in [-0.15, -0.1) is 11.3 Å². The van der Waals surface area contributed by atoms with Crippen molar-refractivity contribution in [2.45, 2.75) is 25.8 Å². The van der Waals surface area contributed by atoms with Crippen molar-refractivity contribution in [3.63, 3.8) is 0 Å². The van der Waals surface area contributed by atoms with Gasteiger partial charge in [0.05, 0.1) is 2.88 Å². The average molecular weight is 372 g/mol. The fraction of sp³-hybridized carbons (Fsp3) is 0.357. The highest BCUT2D eigenvalue weighted by Gasteiger charge is 2.12. The molecule has 0 saturated heterocycles.